The van der Waals surface area contributed by atoms with Gasteiger partial charge in [0.2, 0.25) is 0 Å². The number of amides is 2. The number of carbonyl (C=O) groups excluding carboxylic acids is 1. The molecule has 114 valence electrons. The number of hydrogen-bond donors (Lipinski definition) is 3. The summed E-state index contributed by atoms with van der Waals surface area (Å²) in [5.74, 6) is -0.932. The Morgan fingerprint density at radius 2 is 2.14 bits per heavy atom. The average Bonchev–Trinajstić information content (AvgIpc) is 2.76. The molecule has 1 aromatic rings. The third-order valence-corrected chi connectivity index (χ3v) is 3.49. The van der Waals surface area contributed by atoms with Crippen molar-refractivity contribution in [2.75, 3.05) is 32.7 Å². The van der Waals surface area contributed by atoms with Gasteiger partial charge in [-0.15, -0.1) is 0 Å². The molecule has 0 bridgehead atoms. The second-order valence-corrected chi connectivity index (χ2v) is 5.08. The molecule has 2 amide bonds. The lowest BCUT2D eigenvalue weighted by Gasteiger charge is -2.20. The molecule has 21 heavy (non-hydrogen) atoms. The molecule has 3 N–H and O–H groups in total. The summed E-state index contributed by atoms with van der Waals surface area (Å²) < 4.78 is 0. The first-order valence-electron chi connectivity index (χ1n) is 7.22. The van der Waals surface area contributed by atoms with Crippen molar-refractivity contribution in [2.45, 2.75) is 12.8 Å². The van der Waals surface area contributed by atoms with E-state index in [2.05, 4.69) is 10.6 Å². The van der Waals surface area contributed by atoms with Crippen LogP contribution in [0.3, 0.4) is 0 Å². The van der Waals surface area contributed by atoms with Crippen LogP contribution in [0.2, 0.25) is 0 Å². The van der Waals surface area contributed by atoms with E-state index >= 15 is 0 Å². The summed E-state index contributed by atoms with van der Waals surface area (Å²) in [6.07, 6.45) is 1.59. The largest absolute Gasteiger partial charge is 0.478 e. The zero-order valence-corrected chi connectivity index (χ0v) is 12.0. The third kappa shape index (κ3) is 4.75. The van der Waals surface area contributed by atoms with E-state index in [9.17, 15) is 9.59 Å². The number of carboxylic acids is 1. The Bertz CT molecular complexity index is 497. The highest BCUT2D eigenvalue weighted by Crippen LogP contribution is 2.06. The Balaban J connectivity index is 1.79. The van der Waals surface area contributed by atoms with Gasteiger partial charge in [0.15, 0.2) is 0 Å². The zero-order valence-electron chi connectivity index (χ0n) is 12.0. The normalized spacial score (nSPS) is 15.3. The highest BCUT2D eigenvalue weighted by molar-refractivity contribution is 5.87. The molecule has 0 radical (unpaired) electrons. The number of rotatable bonds is 4. The zero-order chi connectivity index (χ0) is 15.1. The molecule has 1 heterocycles. The van der Waals surface area contributed by atoms with Gasteiger partial charge in [-0.25, -0.2) is 9.59 Å². The van der Waals surface area contributed by atoms with Crippen LogP contribution >= 0.6 is 0 Å². The van der Waals surface area contributed by atoms with Crippen molar-refractivity contribution < 1.29 is 14.7 Å². The SMILES string of the molecule is O=C(O)c1cccc(CCNC(=O)N2CCCNCC2)c1. The lowest BCUT2D eigenvalue weighted by atomic mass is 10.1. The molecule has 2 rings (SSSR count). The van der Waals surface area contributed by atoms with Crippen LogP contribution in [-0.2, 0) is 6.42 Å². The van der Waals surface area contributed by atoms with Crippen molar-refractivity contribution >= 4 is 12.0 Å². The number of nitrogens with one attached hydrogen (secondary N) is 2. The minimum Gasteiger partial charge on any atom is -0.478 e. The molecule has 0 aromatic heterocycles. The van der Waals surface area contributed by atoms with Gasteiger partial charge in [0.25, 0.3) is 0 Å². The summed E-state index contributed by atoms with van der Waals surface area (Å²) in [5.41, 5.74) is 1.19. The van der Waals surface area contributed by atoms with Crippen LogP contribution in [0.5, 0.6) is 0 Å². The summed E-state index contributed by atoms with van der Waals surface area (Å²) in [5, 5.41) is 15.1. The van der Waals surface area contributed by atoms with Gasteiger partial charge in [0.1, 0.15) is 0 Å². The van der Waals surface area contributed by atoms with Gasteiger partial charge in [-0.2, -0.15) is 0 Å². The minimum absolute atomic E-state index is 0.0481. The van der Waals surface area contributed by atoms with Crippen molar-refractivity contribution in [3.05, 3.63) is 35.4 Å². The fraction of sp³-hybridized carbons (Fsp3) is 0.467. The van der Waals surface area contributed by atoms with Crippen LogP contribution in [0.4, 0.5) is 4.79 Å². The highest BCUT2D eigenvalue weighted by atomic mass is 16.4. The molecular weight excluding hydrogens is 270 g/mol. The summed E-state index contributed by atoms with van der Waals surface area (Å²) in [4.78, 5) is 24.7. The van der Waals surface area contributed by atoms with Crippen LogP contribution in [-0.4, -0.2) is 54.7 Å². The minimum atomic E-state index is -0.932. The fourth-order valence-corrected chi connectivity index (χ4v) is 2.33. The number of nitrogens with zero attached hydrogens (tertiary/aromatic N) is 1. The van der Waals surface area contributed by atoms with Crippen molar-refractivity contribution in [2.24, 2.45) is 0 Å². The number of hydrogen-bond acceptors (Lipinski definition) is 3. The molecule has 6 heteroatoms. The Morgan fingerprint density at radius 3 is 2.95 bits per heavy atom. The topological polar surface area (TPSA) is 81.7 Å². The molecule has 1 fully saturated rings. The summed E-state index contributed by atoms with van der Waals surface area (Å²) in [7, 11) is 0. The molecule has 6 nitrogen and oxygen atoms in total. The van der Waals surface area contributed by atoms with Crippen LogP contribution in [0.15, 0.2) is 24.3 Å². The second kappa shape index (κ2) is 7.64. The standard InChI is InChI=1S/C15H21N3O3/c19-14(20)13-4-1-3-12(11-13)5-7-17-15(21)18-9-2-6-16-8-10-18/h1,3-4,11,16H,2,5-10H2,(H,17,21)(H,19,20). The van der Waals surface area contributed by atoms with E-state index < -0.39 is 5.97 Å². The maximum atomic E-state index is 12.0. The number of carbonyl (C=O) groups is 2. The van der Waals surface area contributed by atoms with Gasteiger partial charge in [0.05, 0.1) is 5.56 Å². The molecule has 0 spiro atoms. The Kier molecular flexibility index (Phi) is 5.57. The maximum Gasteiger partial charge on any atom is 0.335 e. The molecule has 1 aromatic carbocycles. The van der Waals surface area contributed by atoms with Crippen LogP contribution in [0.1, 0.15) is 22.3 Å². The van der Waals surface area contributed by atoms with E-state index in [1.165, 1.54) is 0 Å². The van der Waals surface area contributed by atoms with Gasteiger partial charge in [-0.1, -0.05) is 12.1 Å². The van der Waals surface area contributed by atoms with Crippen LogP contribution in [0, 0.1) is 0 Å². The quantitative estimate of drug-likeness (QED) is 0.771. The number of carboxylic acid groups (broad SMARTS) is 1. The van der Waals surface area contributed by atoms with Gasteiger partial charge in [-0.05, 0) is 37.1 Å². The van der Waals surface area contributed by atoms with E-state index in [1.54, 1.807) is 18.2 Å². The van der Waals surface area contributed by atoms with E-state index in [1.807, 2.05) is 11.0 Å². The molecule has 0 saturated carbocycles. The van der Waals surface area contributed by atoms with Crippen LogP contribution < -0.4 is 10.6 Å². The van der Waals surface area contributed by atoms with E-state index in [-0.39, 0.29) is 11.6 Å². The lowest BCUT2D eigenvalue weighted by molar-refractivity contribution is 0.0696. The predicted molar refractivity (Wildman–Crippen MR) is 79.6 cm³/mol. The van der Waals surface area contributed by atoms with Gasteiger partial charge >= 0.3 is 12.0 Å². The van der Waals surface area contributed by atoms with Crippen molar-refractivity contribution in [3.63, 3.8) is 0 Å². The number of aromatic carboxylic acids is 1. The number of urea groups is 1. The van der Waals surface area contributed by atoms with Gasteiger partial charge < -0.3 is 20.6 Å². The fourth-order valence-electron chi connectivity index (χ4n) is 2.33. The molecule has 0 atom stereocenters. The van der Waals surface area contributed by atoms with Crippen molar-refractivity contribution in [1.29, 1.82) is 0 Å². The lowest BCUT2D eigenvalue weighted by Crippen LogP contribution is -2.42. The molecule has 1 saturated heterocycles. The number of benzene rings is 1. The van der Waals surface area contributed by atoms with E-state index in [0.717, 1.165) is 38.2 Å². The first-order valence-corrected chi connectivity index (χ1v) is 7.22. The molecule has 1 aliphatic heterocycles. The smallest absolute Gasteiger partial charge is 0.335 e. The van der Waals surface area contributed by atoms with Crippen molar-refractivity contribution in [1.82, 2.24) is 15.5 Å². The Morgan fingerprint density at radius 1 is 1.29 bits per heavy atom. The molecule has 1 aliphatic rings. The first-order chi connectivity index (χ1) is 10.2. The summed E-state index contributed by atoms with van der Waals surface area (Å²) >= 11 is 0. The molecular formula is C15H21N3O3. The maximum absolute atomic E-state index is 12.0. The van der Waals surface area contributed by atoms with Gasteiger partial charge in [-0.3, -0.25) is 0 Å². The van der Waals surface area contributed by atoms with Gasteiger partial charge in [0, 0.05) is 26.2 Å². The second-order valence-electron chi connectivity index (χ2n) is 5.08. The van der Waals surface area contributed by atoms with E-state index in [0.29, 0.717) is 13.0 Å². The predicted octanol–water partition coefficient (Wildman–Crippen LogP) is 0.932. The summed E-state index contributed by atoms with van der Waals surface area (Å²) in [6.45, 7) is 3.78. The first kappa shape index (κ1) is 15.3. The average molecular weight is 291 g/mol. The summed E-state index contributed by atoms with van der Waals surface area (Å²) in [6, 6.07) is 6.75. The highest BCUT2D eigenvalue weighted by Gasteiger charge is 2.14. The van der Waals surface area contributed by atoms with E-state index in [4.69, 9.17) is 5.11 Å². The molecule has 0 aliphatic carbocycles. The molecule has 0 unspecified atom stereocenters. The third-order valence-electron chi connectivity index (χ3n) is 3.49. The Hall–Kier alpha value is -2.08. The Labute approximate surface area is 124 Å². The van der Waals surface area contributed by atoms with Crippen LogP contribution in [0.25, 0.3) is 0 Å². The van der Waals surface area contributed by atoms with Crippen molar-refractivity contribution in [3.8, 4) is 0 Å². The monoisotopic (exact) mass is 291 g/mol.